The molecule has 0 atom stereocenters. The maximum atomic E-state index is 6.97. The Bertz CT molecular complexity index is 2670. The summed E-state index contributed by atoms with van der Waals surface area (Å²) in [7, 11) is 0. The number of ether oxygens (including phenoxy) is 1. The summed E-state index contributed by atoms with van der Waals surface area (Å²) in [4.78, 5) is 4.58. The average Bonchev–Trinajstić information content (AvgIpc) is 3.26. The zero-order chi connectivity index (χ0) is 36.6. The summed E-state index contributed by atoms with van der Waals surface area (Å²) < 4.78 is 6.97. The van der Waals surface area contributed by atoms with E-state index < -0.39 is 0 Å². The minimum Gasteiger partial charge on any atom is -0.455 e. The van der Waals surface area contributed by atoms with Gasteiger partial charge < -0.3 is 14.5 Å². The summed E-state index contributed by atoms with van der Waals surface area (Å²) in [6.07, 6.45) is 0. The van der Waals surface area contributed by atoms with Crippen molar-refractivity contribution in [3.63, 3.8) is 0 Å². The maximum Gasteiger partial charge on any atom is 0.143 e. The number of anilines is 6. The van der Waals surface area contributed by atoms with E-state index in [0.29, 0.717) is 0 Å². The Morgan fingerprint density at radius 3 is 1.20 bits per heavy atom. The van der Waals surface area contributed by atoms with E-state index >= 15 is 0 Å². The number of nitrogens with zero attached hydrogens (tertiary/aromatic N) is 2. The van der Waals surface area contributed by atoms with Crippen LogP contribution < -0.4 is 14.5 Å². The Hall–Kier alpha value is -7.36. The molecule has 3 heteroatoms. The molecule has 1 aliphatic heterocycles. The molecule has 0 fully saturated rings. The van der Waals surface area contributed by atoms with Crippen molar-refractivity contribution in [2.75, 3.05) is 9.80 Å². The van der Waals surface area contributed by atoms with E-state index in [9.17, 15) is 0 Å². The van der Waals surface area contributed by atoms with Crippen LogP contribution in [-0.2, 0) is 0 Å². The van der Waals surface area contributed by atoms with Gasteiger partial charge in [-0.25, -0.2) is 0 Å². The molecule has 0 amide bonds. The Balaban J connectivity index is 1.04. The van der Waals surface area contributed by atoms with Crippen LogP contribution in [0.15, 0.2) is 218 Å². The number of para-hydroxylation sites is 4. The van der Waals surface area contributed by atoms with Crippen LogP contribution in [0.4, 0.5) is 34.1 Å². The first kappa shape index (κ1) is 32.3. The topological polar surface area (TPSA) is 15.7 Å². The molecule has 55 heavy (non-hydrogen) atoms. The summed E-state index contributed by atoms with van der Waals surface area (Å²) in [6.45, 7) is 0. The third-order valence-corrected chi connectivity index (χ3v) is 10.4. The van der Waals surface area contributed by atoms with E-state index in [0.717, 1.165) is 84.2 Å². The third-order valence-electron chi connectivity index (χ3n) is 10.4. The normalized spacial score (nSPS) is 11.4. The minimum atomic E-state index is 0.861. The number of hydrogen-bond donors (Lipinski definition) is 0. The molecule has 0 aliphatic carbocycles. The van der Waals surface area contributed by atoms with Crippen molar-refractivity contribution in [1.82, 2.24) is 0 Å². The summed E-state index contributed by atoms with van der Waals surface area (Å²) in [5.41, 5.74) is 13.4. The molecule has 9 aromatic carbocycles. The van der Waals surface area contributed by atoms with E-state index in [2.05, 4.69) is 228 Å². The van der Waals surface area contributed by atoms with Gasteiger partial charge in [0.25, 0.3) is 0 Å². The largest absolute Gasteiger partial charge is 0.455 e. The lowest BCUT2D eigenvalue weighted by molar-refractivity contribution is 0.489. The highest BCUT2D eigenvalue weighted by atomic mass is 16.5. The molecule has 0 unspecified atom stereocenters. The van der Waals surface area contributed by atoms with Crippen LogP contribution in [0.2, 0.25) is 0 Å². The second kappa shape index (κ2) is 13.9. The number of fused-ring (bicyclic) bond motifs is 2. The van der Waals surface area contributed by atoms with Crippen LogP contribution in [0.1, 0.15) is 0 Å². The molecular weight excluding hydrogens is 669 g/mol. The van der Waals surface area contributed by atoms with Gasteiger partial charge in [0, 0.05) is 50.6 Å². The molecule has 10 rings (SSSR count). The first-order valence-electron chi connectivity index (χ1n) is 18.7. The Labute approximate surface area is 321 Å². The maximum absolute atomic E-state index is 6.97. The molecule has 1 heterocycles. The number of hydrogen-bond acceptors (Lipinski definition) is 3. The van der Waals surface area contributed by atoms with E-state index in [1.807, 2.05) is 0 Å². The third kappa shape index (κ3) is 5.89. The van der Waals surface area contributed by atoms with Crippen molar-refractivity contribution < 1.29 is 4.74 Å². The molecule has 1 aliphatic rings. The van der Waals surface area contributed by atoms with Crippen molar-refractivity contribution in [3.8, 4) is 44.9 Å². The standard InChI is InChI=1S/C52H36N2O/c1-5-16-40(17-6-1)53(41-18-7-2-8-19-41)44-32-27-37(28-33-44)46-24-14-26-49-51(46)48-25-13-15-39-31-36-47(52(55-49)50(39)48)38-29-34-45(35-30-38)54(42-20-9-3-10-21-42)43-22-11-4-12-23-43/h1-36H. The van der Waals surface area contributed by atoms with Gasteiger partial charge in [0.15, 0.2) is 0 Å². The SMILES string of the molecule is c1ccc(N(c2ccccc2)c2ccc(-c3cccc4c3-c3cccc5ccc(-c6ccc(N(c7ccccc7)c7ccccc7)cc6)c(c35)O4)cc2)cc1. The van der Waals surface area contributed by atoms with Crippen LogP contribution in [0.3, 0.4) is 0 Å². The van der Waals surface area contributed by atoms with Gasteiger partial charge >= 0.3 is 0 Å². The van der Waals surface area contributed by atoms with E-state index in [1.165, 1.54) is 5.56 Å². The van der Waals surface area contributed by atoms with Crippen LogP contribution in [0.25, 0.3) is 44.2 Å². The van der Waals surface area contributed by atoms with Gasteiger partial charge in [-0.1, -0.05) is 133 Å². The average molecular weight is 705 g/mol. The molecule has 0 saturated carbocycles. The van der Waals surface area contributed by atoms with Gasteiger partial charge in [-0.05, 0) is 113 Å². The minimum absolute atomic E-state index is 0.861. The zero-order valence-electron chi connectivity index (χ0n) is 30.1. The summed E-state index contributed by atoms with van der Waals surface area (Å²) >= 11 is 0. The van der Waals surface area contributed by atoms with E-state index in [-0.39, 0.29) is 0 Å². The van der Waals surface area contributed by atoms with E-state index in [1.54, 1.807) is 0 Å². The van der Waals surface area contributed by atoms with Crippen LogP contribution >= 0.6 is 0 Å². The fraction of sp³-hybridized carbons (Fsp3) is 0. The predicted octanol–water partition coefficient (Wildman–Crippen LogP) is 14.9. The van der Waals surface area contributed by atoms with Gasteiger partial charge in [0.05, 0.1) is 0 Å². The monoisotopic (exact) mass is 704 g/mol. The molecule has 260 valence electrons. The quantitative estimate of drug-likeness (QED) is 0.157. The van der Waals surface area contributed by atoms with Crippen LogP contribution in [0, 0.1) is 0 Å². The van der Waals surface area contributed by atoms with Crippen molar-refractivity contribution in [2.45, 2.75) is 0 Å². The molecule has 0 bridgehead atoms. The van der Waals surface area contributed by atoms with Gasteiger partial charge in [-0.2, -0.15) is 0 Å². The van der Waals surface area contributed by atoms with Gasteiger partial charge in [-0.15, -0.1) is 0 Å². The number of rotatable bonds is 8. The van der Waals surface area contributed by atoms with Crippen LogP contribution in [-0.4, -0.2) is 0 Å². The summed E-state index contributed by atoms with van der Waals surface area (Å²) in [5.74, 6) is 1.75. The van der Waals surface area contributed by atoms with E-state index in [4.69, 9.17) is 4.74 Å². The highest BCUT2D eigenvalue weighted by molar-refractivity contribution is 6.10. The lowest BCUT2D eigenvalue weighted by atomic mass is 9.87. The molecule has 3 nitrogen and oxygen atoms in total. The fourth-order valence-electron chi connectivity index (χ4n) is 7.91. The van der Waals surface area contributed by atoms with Gasteiger partial charge in [0.1, 0.15) is 11.5 Å². The zero-order valence-corrected chi connectivity index (χ0v) is 30.1. The van der Waals surface area contributed by atoms with Crippen LogP contribution in [0.5, 0.6) is 11.5 Å². The van der Waals surface area contributed by atoms with Gasteiger partial charge in [-0.3, -0.25) is 0 Å². The second-order valence-corrected chi connectivity index (χ2v) is 13.7. The molecule has 0 spiro atoms. The van der Waals surface area contributed by atoms with Crippen molar-refractivity contribution >= 4 is 44.9 Å². The predicted molar refractivity (Wildman–Crippen MR) is 230 cm³/mol. The smallest absolute Gasteiger partial charge is 0.143 e. The molecule has 0 N–H and O–H groups in total. The lowest BCUT2D eigenvalue weighted by Gasteiger charge is -2.27. The lowest BCUT2D eigenvalue weighted by Crippen LogP contribution is -2.09. The number of benzene rings is 9. The molecule has 0 saturated heterocycles. The summed E-state index contributed by atoms with van der Waals surface area (Å²) in [6, 6.07) is 77.2. The fourth-order valence-corrected chi connectivity index (χ4v) is 7.91. The van der Waals surface area contributed by atoms with Crippen molar-refractivity contribution in [2.24, 2.45) is 0 Å². The van der Waals surface area contributed by atoms with Crippen molar-refractivity contribution in [1.29, 1.82) is 0 Å². The Kier molecular flexibility index (Phi) is 8.16. The van der Waals surface area contributed by atoms with Gasteiger partial charge in [0.2, 0.25) is 0 Å². The first-order chi connectivity index (χ1) is 27.3. The first-order valence-corrected chi connectivity index (χ1v) is 18.7. The Morgan fingerprint density at radius 1 is 0.291 bits per heavy atom. The molecule has 0 radical (unpaired) electrons. The van der Waals surface area contributed by atoms with Crippen molar-refractivity contribution in [3.05, 3.63) is 218 Å². The summed E-state index contributed by atoms with van der Waals surface area (Å²) in [5, 5.41) is 2.29. The molecule has 0 aromatic heterocycles. The highest BCUT2D eigenvalue weighted by Gasteiger charge is 2.26. The molecule has 9 aromatic rings. The molecular formula is C52H36N2O. The second-order valence-electron chi connectivity index (χ2n) is 13.7. The highest BCUT2D eigenvalue weighted by Crippen LogP contribution is 2.53. The Morgan fingerprint density at radius 2 is 0.709 bits per heavy atom.